The highest BCUT2D eigenvalue weighted by atomic mass is 19.1. The van der Waals surface area contributed by atoms with Gasteiger partial charge < -0.3 is 4.74 Å². The summed E-state index contributed by atoms with van der Waals surface area (Å²) in [6.45, 7) is 4.24. The highest BCUT2D eigenvalue weighted by molar-refractivity contribution is 5.89. The molecule has 0 bridgehead atoms. The van der Waals surface area contributed by atoms with Crippen molar-refractivity contribution in [1.29, 1.82) is 0 Å². The zero-order valence-electron chi connectivity index (χ0n) is 11.2. The van der Waals surface area contributed by atoms with Gasteiger partial charge in [0.15, 0.2) is 0 Å². The van der Waals surface area contributed by atoms with Crippen LogP contribution in [-0.4, -0.2) is 12.6 Å². The summed E-state index contributed by atoms with van der Waals surface area (Å²) in [5, 5.41) is 0. The first kappa shape index (κ1) is 14.7. The molecule has 0 aliphatic heterocycles. The molecule has 18 heavy (non-hydrogen) atoms. The lowest BCUT2D eigenvalue weighted by Crippen LogP contribution is -2.07. The molecule has 0 radical (unpaired) electrons. The van der Waals surface area contributed by atoms with Crippen LogP contribution >= 0.6 is 0 Å². The molecule has 0 aromatic heterocycles. The number of halogens is 1. The molecular formula is C15H21FO2. The topological polar surface area (TPSA) is 26.3 Å². The van der Waals surface area contributed by atoms with Crippen LogP contribution in [0.15, 0.2) is 18.2 Å². The summed E-state index contributed by atoms with van der Waals surface area (Å²) in [7, 11) is 0. The third-order valence-corrected chi connectivity index (χ3v) is 2.87. The maximum absolute atomic E-state index is 13.0. The number of hydrogen-bond donors (Lipinski definition) is 0. The predicted molar refractivity (Wildman–Crippen MR) is 70.2 cm³/mol. The van der Waals surface area contributed by atoms with Gasteiger partial charge in [-0.2, -0.15) is 0 Å². The van der Waals surface area contributed by atoms with Crippen LogP contribution in [0.4, 0.5) is 4.39 Å². The van der Waals surface area contributed by atoms with Gasteiger partial charge in [0.05, 0.1) is 12.2 Å². The third-order valence-electron chi connectivity index (χ3n) is 2.87. The second-order valence-electron chi connectivity index (χ2n) is 4.51. The largest absolute Gasteiger partial charge is 0.462 e. The van der Waals surface area contributed by atoms with Crippen LogP contribution in [0.2, 0.25) is 0 Å². The maximum Gasteiger partial charge on any atom is 0.338 e. The Morgan fingerprint density at radius 1 is 1.22 bits per heavy atom. The first-order valence-electron chi connectivity index (χ1n) is 6.58. The number of benzene rings is 1. The Morgan fingerprint density at radius 2 is 1.94 bits per heavy atom. The summed E-state index contributed by atoms with van der Waals surface area (Å²) in [5.74, 6) is -0.667. The molecule has 0 atom stereocenters. The molecule has 0 unspecified atom stereocenters. The van der Waals surface area contributed by atoms with Crippen molar-refractivity contribution in [3.63, 3.8) is 0 Å². The standard InChI is InChI=1S/C15H21FO2/c1-3-4-5-6-7-10-18-15(17)13-8-9-14(16)12(2)11-13/h8-9,11H,3-7,10H2,1-2H3. The smallest absolute Gasteiger partial charge is 0.338 e. The van der Waals surface area contributed by atoms with Crippen molar-refractivity contribution in [3.05, 3.63) is 35.1 Å². The third kappa shape index (κ3) is 4.86. The molecular weight excluding hydrogens is 231 g/mol. The molecule has 0 fully saturated rings. The van der Waals surface area contributed by atoms with Crippen molar-refractivity contribution >= 4 is 5.97 Å². The van der Waals surface area contributed by atoms with Crippen molar-refractivity contribution in [2.45, 2.75) is 46.0 Å². The lowest BCUT2D eigenvalue weighted by molar-refractivity contribution is 0.0497. The number of carbonyl (C=O) groups excluding carboxylic acids is 1. The summed E-state index contributed by atoms with van der Waals surface area (Å²) in [6, 6.07) is 4.28. The van der Waals surface area contributed by atoms with E-state index in [0.29, 0.717) is 17.7 Å². The Balaban J connectivity index is 2.30. The summed E-state index contributed by atoms with van der Waals surface area (Å²) >= 11 is 0. The molecule has 1 aromatic rings. The normalized spacial score (nSPS) is 10.4. The van der Waals surface area contributed by atoms with Gasteiger partial charge >= 0.3 is 5.97 Å². The van der Waals surface area contributed by atoms with Crippen molar-refractivity contribution in [2.24, 2.45) is 0 Å². The van der Waals surface area contributed by atoms with Gasteiger partial charge in [0, 0.05) is 0 Å². The summed E-state index contributed by atoms with van der Waals surface area (Å²) in [5.41, 5.74) is 0.884. The Hall–Kier alpha value is -1.38. The van der Waals surface area contributed by atoms with Gasteiger partial charge in [-0.1, -0.05) is 32.6 Å². The van der Waals surface area contributed by atoms with E-state index in [1.807, 2.05) is 0 Å². The summed E-state index contributed by atoms with van der Waals surface area (Å²) < 4.78 is 18.2. The summed E-state index contributed by atoms with van der Waals surface area (Å²) in [6.07, 6.45) is 5.60. The Morgan fingerprint density at radius 3 is 2.61 bits per heavy atom. The van der Waals surface area contributed by atoms with Gasteiger partial charge in [0.2, 0.25) is 0 Å². The van der Waals surface area contributed by atoms with E-state index in [9.17, 15) is 9.18 Å². The minimum absolute atomic E-state index is 0.300. The van der Waals surface area contributed by atoms with Crippen molar-refractivity contribution < 1.29 is 13.9 Å². The number of ether oxygens (including phenoxy) is 1. The zero-order valence-corrected chi connectivity index (χ0v) is 11.2. The molecule has 3 heteroatoms. The van der Waals surface area contributed by atoms with E-state index in [-0.39, 0.29) is 11.8 Å². The predicted octanol–water partition coefficient (Wildman–Crippen LogP) is 4.26. The van der Waals surface area contributed by atoms with Gasteiger partial charge in [-0.25, -0.2) is 9.18 Å². The van der Waals surface area contributed by atoms with E-state index in [1.54, 1.807) is 6.92 Å². The van der Waals surface area contributed by atoms with E-state index in [1.165, 1.54) is 37.5 Å². The van der Waals surface area contributed by atoms with E-state index in [0.717, 1.165) is 12.8 Å². The van der Waals surface area contributed by atoms with E-state index in [4.69, 9.17) is 4.74 Å². The van der Waals surface area contributed by atoms with Crippen molar-refractivity contribution in [1.82, 2.24) is 0 Å². The van der Waals surface area contributed by atoms with E-state index in [2.05, 4.69) is 6.92 Å². The lowest BCUT2D eigenvalue weighted by Gasteiger charge is -2.05. The maximum atomic E-state index is 13.0. The second kappa shape index (κ2) is 7.85. The molecule has 2 nitrogen and oxygen atoms in total. The highest BCUT2D eigenvalue weighted by Gasteiger charge is 2.08. The number of rotatable bonds is 7. The lowest BCUT2D eigenvalue weighted by atomic mass is 10.1. The highest BCUT2D eigenvalue weighted by Crippen LogP contribution is 2.11. The molecule has 100 valence electrons. The van der Waals surface area contributed by atoms with Gasteiger partial charge in [-0.15, -0.1) is 0 Å². The number of carbonyl (C=O) groups is 1. The van der Waals surface area contributed by atoms with Crippen LogP contribution in [0.5, 0.6) is 0 Å². The molecule has 0 saturated carbocycles. The molecule has 0 N–H and O–H groups in total. The number of unbranched alkanes of at least 4 members (excludes halogenated alkanes) is 4. The average molecular weight is 252 g/mol. The molecule has 0 spiro atoms. The number of esters is 1. The van der Waals surface area contributed by atoms with Gasteiger partial charge in [-0.05, 0) is 37.1 Å². The van der Waals surface area contributed by atoms with E-state index >= 15 is 0 Å². The van der Waals surface area contributed by atoms with Crippen LogP contribution in [0.25, 0.3) is 0 Å². The second-order valence-corrected chi connectivity index (χ2v) is 4.51. The number of hydrogen-bond acceptors (Lipinski definition) is 2. The van der Waals surface area contributed by atoms with Crippen LogP contribution in [0.3, 0.4) is 0 Å². The SMILES string of the molecule is CCCCCCCOC(=O)c1ccc(F)c(C)c1. The van der Waals surface area contributed by atoms with Crippen LogP contribution in [0.1, 0.15) is 54.9 Å². The van der Waals surface area contributed by atoms with E-state index < -0.39 is 0 Å². The molecule has 1 aromatic carbocycles. The number of aryl methyl sites for hydroxylation is 1. The quantitative estimate of drug-likeness (QED) is 0.535. The minimum Gasteiger partial charge on any atom is -0.462 e. The first-order valence-corrected chi connectivity index (χ1v) is 6.58. The molecule has 0 aliphatic rings. The average Bonchev–Trinajstić information content (AvgIpc) is 2.36. The fraction of sp³-hybridized carbons (Fsp3) is 0.533. The van der Waals surface area contributed by atoms with Crippen molar-refractivity contribution in [2.75, 3.05) is 6.61 Å². The zero-order chi connectivity index (χ0) is 13.4. The van der Waals surface area contributed by atoms with Gasteiger partial charge in [-0.3, -0.25) is 0 Å². The molecule has 0 heterocycles. The molecule has 1 rings (SSSR count). The van der Waals surface area contributed by atoms with Crippen LogP contribution in [-0.2, 0) is 4.74 Å². The fourth-order valence-electron chi connectivity index (χ4n) is 1.73. The van der Waals surface area contributed by atoms with Crippen LogP contribution < -0.4 is 0 Å². The van der Waals surface area contributed by atoms with Gasteiger partial charge in [0.1, 0.15) is 5.82 Å². The van der Waals surface area contributed by atoms with Crippen molar-refractivity contribution in [3.8, 4) is 0 Å². The van der Waals surface area contributed by atoms with Gasteiger partial charge in [0.25, 0.3) is 0 Å². The Labute approximate surface area is 108 Å². The summed E-state index contributed by atoms with van der Waals surface area (Å²) in [4.78, 5) is 11.7. The minimum atomic E-state index is -0.367. The first-order chi connectivity index (χ1) is 8.65. The molecule has 0 saturated heterocycles. The van der Waals surface area contributed by atoms with Crippen LogP contribution in [0, 0.1) is 12.7 Å². The Bertz CT molecular complexity index is 388. The molecule has 0 amide bonds. The fourth-order valence-corrected chi connectivity index (χ4v) is 1.73. The Kier molecular flexibility index (Phi) is 6.40. The molecule has 0 aliphatic carbocycles. The monoisotopic (exact) mass is 252 g/mol.